The van der Waals surface area contributed by atoms with Crippen LogP contribution < -0.4 is 5.73 Å². The topological polar surface area (TPSA) is 46.3 Å². The Labute approximate surface area is 110 Å². The third-order valence-corrected chi connectivity index (χ3v) is 2.61. The van der Waals surface area contributed by atoms with Crippen LogP contribution in [0.15, 0.2) is 18.2 Å². The van der Waals surface area contributed by atoms with Gasteiger partial charge < -0.3 is 10.6 Å². The van der Waals surface area contributed by atoms with E-state index in [9.17, 15) is 18.0 Å². The Morgan fingerprint density at radius 1 is 1.26 bits per heavy atom. The molecule has 0 saturated heterocycles. The van der Waals surface area contributed by atoms with Gasteiger partial charge in [0.25, 0.3) is 0 Å². The van der Waals surface area contributed by atoms with Gasteiger partial charge in [-0.1, -0.05) is 0 Å². The summed E-state index contributed by atoms with van der Waals surface area (Å²) in [5.41, 5.74) is 4.49. The molecule has 0 aromatic heterocycles. The summed E-state index contributed by atoms with van der Waals surface area (Å²) in [6.07, 6.45) is -3.69. The number of hydrogen-bond donors (Lipinski definition) is 1. The van der Waals surface area contributed by atoms with Crippen molar-refractivity contribution in [3.8, 4) is 0 Å². The minimum atomic E-state index is -4.49. The molecular weight excluding hydrogens is 257 g/mol. The molecule has 0 bridgehead atoms. The van der Waals surface area contributed by atoms with Gasteiger partial charge in [0.05, 0.1) is 5.56 Å². The zero-order valence-electron chi connectivity index (χ0n) is 10.9. The lowest BCUT2D eigenvalue weighted by molar-refractivity contribution is -0.137. The molecule has 0 amide bonds. The van der Waals surface area contributed by atoms with E-state index in [1.165, 1.54) is 6.07 Å². The number of anilines is 1. The van der Waals surface area contributed by atoms with Crippen LogP contribution in [0.4, 0.5) is 18.9 Å². The van der Waals surface area contributed by atoms with Gasteiger partial charge in [0.1, 0.15) is 0 Å². The van der Waals surface area contributed by atoms with E-state index in [-0.39, 0.29) is 23.5 Å². The molecule has 1 aromatic carbocycles. The Morgan fingerprint density at radius 3 is 2.42 bits per heavy atom. The van der Waals surface area contributed by atoms with Gasteiger partial charge in [0.15, 0.2) is 5.78 Å². The maximum atomic E-state index is 12.6. The van der Waals surface area contributed by atoms with Crippen molar-refractivity contribution >= 4 is 11.5 Å². The van der Waals surface area contributed by atoms with E-state index >= 15 is 0 Å². The van der Waals surface area contributed by atoms with Gasteiger partial charge in [-0.05, 0) is 45.3 Å². The van der Waals surface area contributed by atoms with Crippen LogP contribution in [0, 0.1) is 0 Å². The largest absolute Gasteiger partial charge is 0.416 e. The SMILES string of the molecule is CN(C)CCCC(=O)c1cc(N)cc(C(F)(F)F)c1. The maximum Gasteiger partial charge on any atom is 0.416 e. The third-order valence-electron chi connectivity index (χ3n) is 2.61. The Bertz CT molecular complexity index is 456. The maximum absolute atomic E-state index is 12.6. The lowest BCUT2D eigenvalue weighted by Gasteiger charge is -2.11. The fourth-order valence-corrected chi connectivity index (χ4v) is 1.68. The first-order chi connectivity index (χ1) is 8.70. The molecule has 0 atom stereocenters. The second-order valence-corrected chi connectivity index (χ2v) is 4.67. The monoisotopic (exact) mass is 274 g/mol. The molecule has 19 heavy (non-hydrogen) atoms. The first-order valence-electron chi connectivity index (χ1n) is 5.86. The second-order valence-electron chi connectivity index (χ2n) is 4.67. The molecule has 2 N–H and O–H groups in total. The van der Waals surface area contributed by atoms with E-state index in [4.69, 9.17) is 5.73 Å². The molecule has 3 nitrogen and oxygen atoms in total. The van der Waals surface area contributed by atoms with Crippen molar-refractivity contribution < 1.29 is 18.0 Å². The van der Waals surface area contributed by atoms with Crippen LogP contribution in [-0.4, -0.2) is 31.3 Å². The average Bonchev–Trinajstić information content (AvgIpc) is 2.26. The first kappa shape index (κ1) is 15.5. The number of hydrogen-bond acceptors (Lipinski definition) is 3. The van der Waals surface area contributed by atoms with Gasteiger partial charge in [-0.15, -0.1) is 0 Å². The summed E-state index contributed by atoms with van der Waals surface area (Å²) in [5.74, 6) is -0.320. The zero-order valence-corrected chi connectivity index (χ0v) is 10.9. The number of nitrogens with two attached hydrogens (primary N) is 1. The number of carbonyl (C=O) groups excluding carboxylic acids is 1. The van der Waals surface area contributed by atoms with E-state index in [0.717, 1.165) is 12.1 Å². The highest BCUT2D eigenvalue weighted by Crippen LogP contribution is 2.31. The highest BCUT2D eigenvalue weighted by atomic mass is 19.4. The fraction of sp³-hybridized carbons (Fsp3) is 0.462. The van der Waals surface area contributed by atoms with Crippen molar-refractivity contribution in [2.75, 3.05) is 26.4 Å². The van der Waals surface area contributed by atoms with Gasteiger partial charge in [-0.2, -0.15) is 13.2 Å². The summed E-state index contributed by atoms with van der Waals surface area (Å²) in [6, 6.07) is 2.97. The van der Waals surface area contributed by atoms with Crippen LogP contribution in [0.5, 0.6) is 0 Å². The van der Waals surface area contributed by atoms with Gasteiger partial charge >= 0.3 is 6.18 Å². The molecule has 0 aliphatic heterocycles. The highest BCUT2D eigenvalue weighted by Gasteiger charge is 2.31. The van der Waals surface area contributed by atoms with E-state index in [1.807, 2.05) is 19.0 Å². The van der Waals surface area contributed by atoms with E-state index in [1.54, 1.807) is 0 Å². The standard InChI is InChI=1S/C13H17F3N2O/c1-18(2)5-3-4-12(19)9-6-10(13(14,15)16)8-11(17)7-9/h6-8H,3-5,17H2,1-2H3. The van der Waals surface area contributed by atoms with Crippen molar-refractivity contribution in [1.29, 1.82) is 0 Å². The Balaban J connectivity index is 2.83. The van der Waals surface area contributed by atoms with Crippen molar-refractivity contribution in [3.05, 3.63) is 29.3 Å². The number of rotatable bonds is 5. The molecule has 0 saturated carbocycles. The molecule has 0 radical (unpaired) electrons. The summed E-state index contributed by atoms with van der Waals surface area (Å²) in [6.45, 7) is 0.709. The Morgan fingerprint density at radius 2 is 1.89 bits per heavy atom. The number of alkyl halides is 3. The molecule has 1 rings (SSSR count). The summed E-state index contributed by atoms with van der Waals surface area (Å²) >= 11 is 0. The van der Waals surface area contributed by atoms with E-state index < -0.39 is 11.7 Å². The molecule has 106 valence electrons. The molecule has 0 aliphatic carbocycles. The minimum Gasteiger partial charge on any atom is -0.399 e. The third kappa shape index (κ3) is 4.90. The van der Waals surface area contributed by atoms with Crippen LogP contribution in [0.2, 0.25) is 0 Å². The van der Waals surface area contributed by atoms with Crippen molar-refractivity contribution in [3.63, 3.8) is 0 Å². The van der Waals surface area contributed by atoms with Gasteiger partial charge in [0, 0.05) is 17.7 Å². The number of nitrogens with zero attached hydrogens (tertiary/aromatic N) is 1. The van der Waals surface area contributed by atoms with Gasteiger partial charge in [-0.3, -0.25) is 4.79 Å². The second kappa shape index (κ2) is 6.06. The molecule has 0 unspecified atom stereocenters. The lowest BCUT2D eigenvalue weighted by atomic mass is 10.0. The number of carbonyl (C=O) groups is 1. The minimum absolute atomic E-state index is 0.0195. The number of nitrogen functional groups attached to an aromatic ring is 1. The van der Waals surface area contributed by atoms with Crippen molar-refractivity contribution in [1.82, 2.24) is 4.90 Å². The number of halogens is 3. The van der Waals surface area contributed by atoms with Crippen LogP contribution in [0.25, 0.3) is 0 Å². The predicted molar refractivity (Wildman–Crippen MR) is 68.0 cm³/mol. The quantitative estimate of drug-likeness (QED) is 0.663. The van der Waals surface area contributed by atoms with E-state index in [0.29, 0.717) is 13.0 Å². The summed E-state index contributed by atoms with van der Waals surface area (Å²) in [7, 11) is 3.74. The van der Waals surface area contributed by atoms with Crippen molar-refractivity contribution in [2.45, 2.75) is 19.0 Å². The lowest BCUT2D eigenvalue weighted by Crippen LogP contribution is -2.14. The number of Topliss-reactive ketones (excluding diaryl/α,β-unsaturated/α-hetero) is 1. The summed E-state index contributed by atoms with van der Waals surface area (Å²) < 4.78 is 37.8. The highest BCUT2D eigenvalue weighted by molar-refractivity contribution is 5.97. The molecule has 1 aromatic rings. The number of benzene rings is 1. The molecule has 0 aliphatic rings. The molecule has 6 heteroatoms. The first-order valence-corrected chi connectivity index (χ1v) is 5.86. The summed E-state index contributed by atoms with van der Waals surface area (Å²) in [5, 5.41) is 0. The molecule has 0 fully saturated rings. The Hall–Kier alpha value is -1.56. The van der Waals surface area contributed by atoms with Crippen LogP contribution in [0.3, 0.4) is 0 Å². The Kier molecular flexibility index (Phi) is 4.94. The van der Waals surface area contributed by atoms with Crippen LogP contribution in [-0.2, 0) is 6.18 Å². The molecule has 0 heterocycles. The fourth-order valence-electron chi connectivity index (χ4n) is 1.68. The average molecular weight is 274 g/mol. The molecular formula is C13H17F3N2O. The van der Waals surface area contributed by atoms with E-state index in [2.05, 4.69) is 0 Å². The number of ketones is 1. The molecule has 0 spiro atoms. The van der Waals surface area contributed by atoms with Crippen molar-refractivity contribution in [2.24, 2.45) is 0 Å². The summed E-state index contributed by atoms with van der Waals surface area (Å²) in [4.78, 5) is 13.7. The zero-order chi connectivity index (χ0) is 14.6. The van der Waals surface area contributed by atoms with Crippen LogP contribution in [0.1, 0.15) is 28.8 Å². The smallest absolute Gasteiger partial charge is 0.399 e. The predicted octanol–water partition coefficient (Wildman–Crippen LogP) is 2.81. The van der Waals surface area contributed by atoms with Gasteiger partial charge in [-0.25, -0.2) is 0 Å². The van der Waals surface area contributed by atoms with Crippen LogP contribution >= 0.6 is 0 Å². The normalized spacial score (nSPS) is 11.9. The van der Waals surface area contributed by atoms with Gasteiger partial charge in [0.2, 0.25) is 0 Å².